The normalized spacial score (nSPS) is 9.69. The van der Waals surface area contributed by atoms with Crippen molar-refractivity contribution in [1.82, 2.24) is 4.98 Å². The van der Waals surface area contributed by atoms with Crippen molar-refractivity contribution in [3.05, 3.63) is 32.7 Å². The highest BCUT2D eigenvalue weighted by molar-refractivity contribution is 9.10. The minimum absolute atomic E-state index is 0.202. The molecular weight excluding hydrogens is 238 g/mol. The average molecular weight is 246 g/mol. The molecule has 4 nitrogen and oxygen atoms in total. The first-order valence-electron chi connectivity index (χ1n) is 3.71. The summed E-state index contributed by atoms with van der Waals surface area (Å²) < 4.78 is 4.94. The van der Waals surface area contributed by atoms with Gasteiger partial charge >= 0.3 is 5.97 Å². The summed E-state index contributed by atoms with van der Waals surface area (Å²) in [5, 5.41) is 0. The van der Waals surface area contributed by atoms with Crippen LogP contribution in [0.3, 0.4) is 0 Å². The first-order valence-corrected chi connectivity index (χ1v) is 4.50. The van der Waals surface area contributed by atoms with Crippen LogP contribution in [0.15, 0.2) is 21.5 Å². The molecule has 1 rings (SSSR count). The van der Waals surface area contributed by atoms with Gasteiger partial charge in [-0.05, 0) is 28.9 Å². The first kappa shape index (κ1) is 9.98. The highest BCUT2D eigenvalue weighted by Gasteiger charge is 2.12. The van der Waals surface area contributed by atoms with Crippen LogP contribution >= 0.6 is 15.9 Å². The monoisotopic (exact) mass is 245 g/mol. The maximum atomic E-state index is 11.2. The Balaban J connectivity index is 3.08. The van der Waals surface area contributed by atoms with Crippen molar-refractivity contribution in [3.63, 3.8) is 0 Å². The topological polar surface area (TPSA) is 59.2 Å². The zero-order chi connectivity index (χ0) is 9.84. The van der Waals surface area contributed by atoms with Gasteiger partial charge in [0.1, 0.15) is 0 Å². The molecule has 0 bridgehead atoms. The molecule has 70 valence electrons. The maximum Gasteiger partial charge on any atom is 0.339 e. The van der Waals surface area contributed by atoms with Gasteiger partial charge < -0.3 is 9.72 Å². The zero-order valence-corrected chi connectivity index (χ0v) is 8.55. The largest absolute Gasteiger partial charge is 0.462 e. The molecule has 0 radical (unpaired) electrons. The van der Waals surface area contributed by atoms with Gasteiger partial charge in [0.25, 0.3) is 5.56 Å². The molecule has 1 heterocycles. The number of aromatic nitrogens is 1. The lowest BCUT2D eigenvalue weighted by Gasteiger charge is -2.01. The summed E-state index contributed by atoms with van der Waals surface area (Å²) in [4.78, 5) is 24.7. The molecule has 1 aromatic heterocycles. The van der Waals surface area contributed by atoms with Gasteiger partial charge in [-0.3, -0.25) is 4.79 Å². The summed E-state index contributed by atoms with van der Waals surface area (Å²) in [6, 6.07) is 1.49. The Labute approximate surface area is 83.1 Å². The number of esters is 1. The lowest BCUT2D eigenvalue weighted by atomic mass is 10.3. The summed E-state index contributed by atoms with van der Waals surface area (Å²) >= 11 is 3.01. The van der Waals surface area contributed by atoms with Crippen LogP contribution in [0.4, 0.5) is 0 Å². The number of pyridine rings is 1. The van der Waals surface area contributed by atoms with Gasteiger partial charge in [0, 0.05) is 6.20 Å². The third-order valence-electron chi connectivity index (χ3n) is 1.40. The molecule has 0 saturated carbocycles. The summed E-state index contributed by atoms with van der Waals surface area (Å²) in [6.07, 6.45) is 1.40. The smallest absolute Gasteiger partial charge is 0.339 e. The van der Waals surface area contributed by atoms with Crippen molar-refractivity contribution in [2.75, 3.05) is 6.61 Å². The molecule has 0 aromatic carbocycles. The first-order chi connectivity index (χ1) is 6.16. The fourth-order valence-electron chi connectivity index (χ4n) is 0.826. The number of H-pyrrole nitrogens is 1. The van der Waals surface area contributed by atoms with Gasteiger partial charge in [-0.15, -0.1) is 0 Å². The zero-order valence-electron chi connectivity index (χ0n) is 6.96. The molecule has 0 fully saturated rings. The third kappa shape index (κ3) is 2.18. The van der Waals surface area contributed by atoms with Gasteiger partial charge in [-0.2, -0.15) is 0 Å². The Bertz CT molecular complexity index is 372. The van der Waals surface area contributed by atoms with Crippen molar-refractivity contribution < 1.29 is 9.53 Å². The van der Waals surface area contributed by atoms with E-state index >= 15 is 0 Å². The van der Waals surface area contributed by atoms with Crippen LogP contribution in [0.1, 0.15) is 17.3 Å². The van der Waals surface area contributed by atoms with E-state index in [0.717, 1.165) is 0 Å². The van der Waals surface area contributed by atoms with Crippen molar-refractivity contribution in [1.29, 1.82) is 0 Å². The Hall–Kier alpha value is -1.10. The number of carbonyl (C=O) groups is 1. The molecule has 5 heteroatoms. The van der Waals surface area contributed by atoms with Gasteiger partial charge in [-0.25, -0.2) is 4.79 Å². The second-order valence-corrected chi connectivity index (χ2v) is 3.05. The summed E-state index contributed by atoms with van der Waals surface area (Å²) in [5.41, 5.74) is -0.101. The van der Waals surface area contributed by atoms with Gasteiger partial charge in [0.2, 0.25) is 0 Å². The lowest BCUT2D eigenvalue weighted by molar-refractivity contribution is 0.0525. The molecule has 0 aliphatic rings. The van der Waals surface area contributed by atoms with Crippen molar-refractivity contribution >= 4 is 21.9 Å². The Morgan fingerprint density at radius 2 is 2.38 bits per heavy atom. The molecule has 0 aliphatic carbocycles. The van der Waals surface area contributed by atoms with Gasteiger partial charge in [0.05, 0.1) is 16.6 Å². The second kappa shape index (κ2) is 4.23. The van der Waals surface area contributed by atoms with E-state index in [1.54, 1.807) is 6.92 Å². The lowest BCUT2D eigenvalue weighted by Crippen LogP contribution is -2.13. The minimum atomic E-state index is -0.500. The predicted molar refractivity (Wildman–Crippen MR) is 50.7 cm³/mol. The van der Waals surface area contributed by atoms with Gasteiger partial charge in [-0.1, -0.05) is 0 Å². The molecule has 0 amide bonds. The predicted octanol–water partition coefficient (Wildman–Crippen LogP) is 1.31. The van der Waals surface area contributed by atoms with E-state index in [1.807, 2.05) is 0 Å². The van der Waals surface area contributed by atoms with Crippen LogP contribution < -0.4 is 5.56 Å². The Morgan fingerprint density at radius 3 is 3.00 bits per heavy atom. The molecule has 13 heavy (non-hydrogen) atoms. The number of aromatic amines is 1. The number of halogens is 1. The van der Waals surface area contributed by atoms with Crippen molar-refractivity contribution in [2.24, 2.45) is 0 Å². The Morgan fingerprint density at radius 1 is 1.69 bits per heavy atom. The number of nitrogens with one attached hydrogen (secondary N) is 1. The molecule has 0 saturated heterocycles. The number of ether oxygens (including phenoxy) is 1. The average Bonchev–Trinajstić information content (AvgIpc) is 2.10. The fraction of sp³-hybridized carbons (Fsp3) is 0.250. The molecule has 1 N–H and O–H groups in total. The number of hydrogen-bond donors (Lipinski definition) is 1. The van der Waals surface area contributed by atoms with Crippen LogP contribution in [0.5, 0.6) is 0 Å². The van der Waals surface area contributed by atoms with E-state index in [2.05, 4.69) is 20.9 Å². The molecule has 0 atom stereocenters. The van der Waals surface area contributed by atoms with Crippen molar-refractivity contribution in [2.45, 2.75) is 6.92 Å². The van der Waals surface area contributed by atoms with Crippen LogP contribution in [0, 0.1) is 0 Å². The number of carbonyl (C=O) groups excluding carboxylic acids is 1. The highest BCUT2D eigenvalue weighted by Crippen LogP contribution is 2.11. The van der Waals surface area contributed by atoms with Crippen LogP contribution in [0.25, 0.3) is 0 Å². The Kier molecular flexibility index (Phi) is 3.25. The van der Waals surface area contributed by atoms with Crippen LogP contribution in [-0.2, 0) is 4.74 Å². The fourth-order valence-corrected chi connectivity index (χ4v) is 1.23. The molecular formula is C8H8BrNO3. The summed E-state index contributed by atoms with van der Waals surface area (Å²) in [6.45, 7) is 2.00. The van der Waals surface area contributed by atoms with E-state index in [4.69, 9.17) is 4.74 Å². The standard InChI is InChI=1S/C8H8BrNO3/c1-2-13-8(12)5-3-4-10-7(11)6(5)9/h3-4H,2H2,1H3,(H,10,11). The number of hydrogen-bond acceptors (Lipinski definition) is 3. The van der Waals surface area contributed by atoms with E-state index in [0.29, 0.717) is 0 Å². The maximum absolute atomic E-state index is 11.2. The van der Waals surface area contributed by atoms with E-state index in [9.17, 15) is 9.59 Å². The van der Waals surface area contributed by atoms with Crippen LogP contribution in [0.2, 0.25) is 0 Å². The second-order valence-electron chi connectivity index (χ2n) is 2.25. The van der Waals surface area contributed by atoms with Gasteiger partial charge in [0.15, 0.2) is 0 Å². The van der Waals surface area contributed by atoms with E-state index in [-0.39, 0.29) is 22.2 Å². The minimum Gasteiger partial charge on any atom is -0.462 e. The molecule has 1 aromatic rings. The molecule has 0 unspecified atom stereocenters. The third-order valence-corrected chi connectivity index (χ3v) is 2.18. The molecule has 0 spiro atoms. The van der Waals surface area contributed by atoms with E-state index in [1.165, 1.54) is 12.3 Å². The SMILES string of the molecule is CCOC(=O)c1cc[nH]c(=O)c1Br. The van der Waals surface area contributed by atoms with Crippen molar-refractivity contribution in [3.8, 4) is 0 Å². The highest BCUT2D eigenvalue weighted by atomic mass is 79.9. The summed E-state index contributed by atoms with van der Waals surface area (Å²) in [7, 11) is 0. The summed E-state index contributed by atoms with van der Waals surface area (Å²) in [5.74, 6) is -0.500. The van der Waals surface area contributed by atoms with Crippen LogP contribution in [-0.4, -0.2) is 17.6 Å². The number of rotatable bonds is 2. The van der Waals surface area contributed by atoms with E-state index < -0.39 is 5.97 Å². The quantitative estimate of drug-likeness (QED) is 0.800. The molecule has 0 aliphatic heterocycles.